The molecule has 0 aromatic carbocycles. The molecule has 84 valence electrons. The highest BCUT2D eigenvalue weighted by Crippen LogP contribution is 2.67. The topological polar surface area (TPSA) is 6.48 Å². The SMILES string of the molecule is IN1CC2(CC2C2CC3(CC3)CN2I)C1. The van der Waals surface area contributed by atoms with Gasteiger partial charge in [0.2, 0.25) is 0 Å². The summed E-state index contributed by atoms with van der Waals surface area (Å²) in [5.74, 6) is 1.04. The molecule has 2 saturated carbocycles. The maximum Gasteiger partial charge on any atom is 0.0234 e. The zero-order chi connectivity index (χ0) is 10.3. The molecule has 2 saturated heterocycles. The second kappa shape index (κ2) is 3.03. The van der Waals surface area contributed by atoms with Crippen LogP contribution < -0.4 is 0 Å². The molecule has 4 heteroatoms. The predicted octanol–water partition coefficient (Wildman–Crippen LogP) is 2.86. The van der Waals surface area contributed by atoms with Crippen LogP contribution in [0.15, 0.2) is 0 Å². The van der Waals surface area contributed by atoms with Crippen LogP contribution in [-0.2, 0) is 0 Å². The van der Waals surface area contributed by atoms with E-state index in [0.717, 1.165) is 22.8 Å². The molecule has 4 fully saturated rings. The van der Waals surface area contributed by atoms with E-state index in [0.29, 0.717) is 0 Å². The van der Waals surface area contributed by atoms with E-state index in [1.807, 2.05) is 0 Å². The van der Waals surface area contributed by atoms with E-state index in [1.165, 1.54) is 45.3 Å². The Bertz CT molecular complexity index is 310. The molecule has 0 radical (unpaired) electrons. The Labute approximate surface area is 119 Å². The van der Waals surface area contributed by atoms with Crippen molar-refractivity contribution in [2.45, 2.75) is 31.7 Å². The van der Waals surface area contributed by atoms with Gasteiger partial charge in [-0.15, -0.1) is 0 Å². The van der Waals surface area contributed by atoms with Gasteiger partial charge >= 0.3 is 0 Å². The molecule has 0 amide bonds. The van der Waals surface area contributed by atoms with Crippen molar-refractivity contribution < 1.29 is 0 Å². The Balaban J connectivity index is 1.47. The average molecular weight is 430 g/mol. The Kier molecular flexibility index (Phi) is 2.09. The lowest BCUT2D eigenvalue weighted by atomic mass is 9.91. The smallest absolute Gasteiger partial charge is 0.0234 e. The van der Waals surface area contributed by atoms with Crippen LogP contribution in [-0.4, -0.2) is 31.9 Å². The molecule has 0 bridgehead atoms. The molecule has 2 heterocycles. The van der Waals surface area contributed by atoms with Gasteiger partial charge in [-0.3, -0.25) is 0 Å². The van der Waals surface area contributed by atoms with E-state index in [-0.39, 0.29) is 0 Å². The Morgan fingerprint density at radius 2 is 1.73 bits per heavy atom. The Morgan fingerprint density at radius 1 is 1.00 bits per heavy atom. The third kappa shape index (κ3) is 1.46. The van der Waals surface area contributed by atoms with Gasteiger partial charge in [0.1, 0.15) is 0 Å². The van der Waals surface area contributed by atoms with Crippen molar-refractivity contribution in [1.82, 2.24) is 6.23 Å². The van der Waals surface area contributed by atoms with E-state index in [4.69, 9.17) is 0 Å². The quantitative estimate of drug-likeness (QED) is 0.467. The van der Waals surface area contributed by atoms with E-state index in [1.54, 1.807) is 0 Å². The summed E-state index contributed by atoms with van der Waals surface area (Å²) < 4.78 is 5.11. The maximum atomic E-state index is 2.65. The van der Waals surface area contributed by atoms with Crippen LogP contribution in [0.25, 0.3) is 0 Å². The molecule has 0 aromatic rings. The van der Waals surface area contributed by atoms with Gasteiger partial charge in [0, 0.05) is 76.8 Å². The minimum Gasteiger partial charge on any atom is -0.246 e. The van der Waals surface area contributed by atoms with Gasteiger partial charge < -0.3 is 0 Å². The zero-order valence-electron chi connectivity index (χ0n) is 8.75. The Hall–Kier alpha value is 1.38. The third-order valence-electron chi connectivity index (χ3n) is 5.14. The van der Waals surface area contributed by atoms with Crippen molar-refractivity contribution in [2.75, 3.05) is 19.6 Å². The zero-order valence-corrected chi connectivity index (χ0v) is 13.1. The fourth-order valence-electron chi connectivity index (χ4n) is 3.85. The monoisotopic (exact) mass is 430 g/mol. The molecule has 2 atom stereocenters. The highest BCUT2D eigenvalue weighted by Gasteiger charge is 2.67. The number of hydrogen-bond acceptors (Lipinski definition) is 2. The van der Waals surface area contributed by atoms with Crippen molar-refractivity contribution >= 4 is 45.7 Å². The van der Waals surface area contributed by atoms with Gasteiger partial charge in [0.05, 0.1) is 0 Å². The first-order chi connectivity index (χ1) is 7.13. The van der Waals surface area contributed by atoms with Crippen molar-refractivity contribution in [1.29, 1.82) is 0 Å². The number of hydrogen-bond donors (Lipinski definition) is 0. The maximum absolute atomic E-state index is 2.65. The summed E-state index contributed by atoms with van der Waals surface area (Å²) in [7, 11) is 0. The first-order valence-corrected chi connectivity index (χ1v) is 7.89. The lowest BCUT2D eigenvalue weighted by Gasteiger charge is -2.37. The first-order valence-electron chi connectivity index (χ1n) is 5.96. The van der Waals surface area contributed by atoms with Gasteiger partial charge in [-0.25, -0.2) is 6.23 Å². The second-order valence-electron chi connectivity index (χ2n) is 6.28. The molecule has 2 unspecified atom stereocenters. The molecule has 15 heavy (non-hydrogen) atoms. The molecule has 4 aliphatic rings. The van der Waals surface area contributed by atoms with E-state index in [9.17, 15) is 0 Å². The van der Waals surface area contributed by atoms with Gasteiger partial charge in [-0.1, -0.05) is 0 Å². The van der Waals surface area contributed by atoms with Crippen molar-refractivity contribution in [2.24, 2.45) is 16.7 Å². The van der Waals surface area contributed by atoms with Gasteiger partial charge in [0.25, 0.3) is 0 Å². The van der Waals surface area contributed by atoms with Gasteiger partial charge in [-0.05, 0) is 37.0 Å². The van der Waals surface area contributed by atoms with Crippen LogP contribution in [0.1, 0.15) is 25.7 Å². The molecule has 2 spiro atoms. The molecule has 4 rings (SSSR count). The summed E-state index contributed by atoms with van der Waals surface area (Å²) >= 11 is 5.07. The summed E-state index contributed by atoms with van der Waals surface area (Å²) in [4.78, 5) is 0. The lowest BCUT2D eigenvalue weighted by molar-refractivity contribution is 0.177. The molecular weight excluding hydrogens is 414 g/mol. The van der Waals surface area contributed by atoms with Crippen LogP contribution in [0.5, 0.6) is 0 Å². The average Bonchev–Trinajstić information content (AvgIpc) is 2.96. The number of rotatable bonds is 1. The highest BCUT2D eigenvalue weighted by molar-refractivity contribution is 14.1. The fraction of sp³-hybridized carbons (Fsp3) is 1.00. The Morgan fingerprint density at radius 3 is 2.27 bits per heavy atom. The number of nitrogens with zero attached hydrogens (tertiary/aromatic N) is 2. The molecule has 0 aromatic heterocycles. The van der Waals surface area contributed by atoms with Crippen LogP contribution in [0.4, 0.5) is 0 Å². The van der Waals surface area contributed by atoms with Crippen LogP contribution >= 0.6 is 45.7 Å². The van der Waals surface area contributed by atoms with Crippen LogP contribution in [0, 0.1) is 16.7 Å². The van der Waals surface area contributed by atoms with Crippen LogP contribution in [0.2, 0.25) is 0 Å². The minimum atomic E-state index is 0.774. The van der Waals surface area contributed by atoms with E-state index < -0.39 is 0 Å². The van der Waals surface area contributed by atoms with E-state index in [2.05, 4.69) is 52.0 Å². The molecule has 2 nitrogen and oxygen atoms in total. The highest BCUT2D eigenvalue weighted by atomic mass is 127. The van der Waals surface area contributed by atoms with Crippen molar-refractivity contribution in [3.05, 3.63) is 0 Å². The summed E-state index contributed by atoms with van der Waals surface area (Å²) in [5, 5.41) is 0. The summed E-state index contributed by atoms with van der Waals surface area (Å²) in [6.45, 7) is 4.12. The molecular formula is C11H16I2N2. The molecule has 0 N–H and O–H groups in total. The fourth-order valence-corrected chi connectivity index (χ4v) is 6.51. The molecule has 2 aliphatic heterocycles. The summed E-state index contributed by atoms with van der Waals surface area (Å²) in [6.07, 6.45) is 6.07. The third-order valence-corrected chi connectivity index (χ3v) is 6.87. The van der Waals surface area contributed by atoms with E-state index >= 15 is 0 Å². The van der Waals surface area contributed by atoms with Crippen molar-refractivity contribution in [3.8, 4) is 0 Å². The van der Waals surface area contributed by atoms with Gasteiger partial charge in [-0.2, -0.15) is 0 Å². The largest absolute Gasteiger partial charge is 0.246 e. The predicted molar refractivity (Wildman–Crippen MR) is 76.9 cm³/mol. The van der Waals surface area contributed by atoms with Crippen molar-refractivity contribution in [3.63, 3.8) is 0 Å². The lowest BCUT2D eigenvalue weighted by Crippen LogP contribution is -2.45. The summed E-state index contributed by atoms with van der Waals surface area (Å²) in [5.41, 5.74) is 1.57. The molecule has 2 aliphatic carbocycles. The first kappa shape index (κ1) is 10.3. The normalized spacial score (nSPS) is 46.0. The number of halogens is 2. The van der Waals surface area contributed by atoms with Crippen LogP contribution in [0.3, 0.4) is 0 Å². The minimum absolute atomic E-state index is 0.774. The standard InChI is InChI=1S/C11H16I2N2/c12-14-6-11(7-14)3-8(11)9-4-10(1-2-10)5-15(9)13/h8-9H,1-7H2. The summed E-state index contributed by atoms with van der Waals surface area (Å²) in [6, 6.07) is 0.929. The van der Waals surface area contributed by atoms with Gasteiger partial charge in [0.15, 0.2) is 0 Å². The second-order valence-corrected chi connectivity index (χ2v) is 8.88.